The smallest absolute Gasteiger partial charge is 0.221 e. The fourth-order valence-electron chi connectivity index (χ4n) is 3.08. The van der Waals surface area contributed by atoms with Crippen molar-refractivity contribution in [3.8, 4) is 0 Å². The Bertz CT molecular complexity index is 266. The van der Waals surface area contributed by atoms with Crippen molar-refractivity contribution in [2.45, 2.75) is 77.4 Å². The number of hydrogen-bond donors (Lipinski definition) is 2. The van der Waals surface area contributed by atoms with Crippen LogP contribution >= 0.6 is 0 Å². The zero-order chi connectivity index (χ0) is 14.3. The molecule has 0 radical (unpaired) electrons. The van der Waals surface area contributed by atoms with Crippen molar-refractivity contribution in [3.63, 3.8) is 0 Å². The van der Waals surface area contributed by atoms with Crippen molar-refractivity contribution in [3.05, 3.63) is 0 Å². The van der Waals surface area contributed by atoms with Crippen LogP contribution < -0.4 is 11.1 Å². The van der Waals surface area contributed by atoms with E-state index in [9.17, 15) is 4.79 Å². The summed E-state index contributed by atoms with van der Waals surface area (Å²) >= 11 is 0. The molecule has 0 bridgehead atoms. The Kier molecular flexibility index (Phi) is 7.39. The molecule has 19 heavy (non-hydrogen) atoms. The van der Waals surface area contributed by atoms with E-state index in [1.54, 1.807) is 0 Å². The third-order valence-corrected chi connectivity index (χ3v) is 3.91. The summed E-state index contributed by atoms with van der Waals surface area (Å²) in [5.74, 6) is 0.131. The molecular formula is C15H31N3O. The lowest BCUT2D eigenvalue weighted by atomic mass is 9.95. The average Bonchev–Trinajstić information content (AvgIpc) is 2.36. The molecule has 4 nitrogen and oxygen atoms in total. The molecule has 0 aromatic rings. The summed E-state index contributed by atoms with van der Waals surface area (Å²) in [5.41, 5.74) is 5.92. The van der Waals surface area contributed by atoms with E-state index in [1.807, 2.05) is 13.8 Å². The molecule has 1 amide bonds. The lowest BCUT2D eigenvalue weighted by Crippen LogP contribution is -2.51. The molecule has 112 valence electrons. The topological polar surface area (TPSA) is 58.4 Å². The van der Waals surface area contributed by atoms with E-state index < -0.39 is 0 Å². The van der Waals surface area contributed by atoms with Crippen LogP contribution in [-0.2, 0) is 4.79 Å². The van der Waals surface area contributed by atoms with Crippen LogP contribution in [0.4, 0.5) is 0 Å². The Morgan fingerprint density at radius 3 is 2.74 bits per heavy atom. The molecule has 1 heterocycles. The predicted octanol–water partition coefficient (Wildman–Crippen LogP) is 1.88. The van der Waals surface area contributed by atoms with Gasteiger partial charge in [0.05, 0.1) is 0 Å². The van der Waals surface area contributed by atoms with Gasteiger partial charge in [-0.2, -0.15) is 0 Å². The minimum Gasteiger partial charge on any atom is -0.354 e. The van der Waals surface area contributed by atoms with Crippen molar-refractivity contribution in [2.24, 2.45) is 5.73 Å². The molecule has 0 aromatic heterocycles. The maximum absolute atomic E-state index is 11.9. The second-order valence-corrected chi connectivity index (χ2v) is 5.99. The van der Waals surface area contributed by atoms with Gasteiger partial charge in [0.2, 0.25) is 5.91 Å². The minimum atomic E-state index is 0.131. The van der Waals surface area contributed by atoms with Gasteiger partial charge >= 0.3 is 0 Å². The molecule has 0 spiro atoms. The second kappa shape index (κ2) is 8.54. The number of amides is 1. The van der Waals surface area contributed by atoms with Gasteiger partial charge < -0.3 is 11.1 Å². The number of hydrogen-bond acceptors (Lipinski definition) is 3. The summed E-state index contributed by atoms with van der Waals surface area (Å²) in [7, 11) is 0. The van der Waals surface area contributed by atoms with E-state index in [4.69, 9.17) is 5.73 Å². The Balaban J connectivity index is 2.57. The SMILES string of the molecule is CCCC1CCCCN1C(CN)CC(=O)NC(C)C. The molecule has 0 saturated carbocycles. The monoisotopic (exact) mass is 269 g/mol. The number of nitrogens with two attached hydrogens (primary N) is 1. The molecule has 0 aromatic carbocycles. The maximum Gasteiger partial charge on any atom is 0.221 e. The van der Waals surface area contributed by atoms with Crippen LogP contribution in [0.5, 0.6) is 0 Å². The number of nitrogens with zero attached hydrogens (tertiary/aromatic N) is 1. The number of nitrogens with one attached hydrogen (secondary N) is 1. The summed E-state index contributed by atoms with van der Waals surface area (Å²) in [6.07, 6.45) is 6.78. The van der Waals surface area contributed by atoms with Gasteiger partial charge in [0.25, 0.3) is 0 Å². The number of rotatable bonds is 7. The molecule has 0 aliphatic carbocycles. The fourth-order valence-corrected chi connectivity index (χ4v) is 3.08. The van der Waals surface area contributed by atoms with Crippen molar-refractivity contribution < 1.29 is 4.79 Å². The van der Waals surface area contributed by atoms with Gasteiger partial charge in [-0.25, -0.2) is 0 Å². The van der Waals surface area contributed by atoms with Gasteiger partial charge in [0.15, 0.2) is 0 Å². The number of piperidine rings is 1. The molecule has 2 atom stereocenters. The number of carbonyl (C=O) groups is 1. The number of likely N-dealkylation sites (tertiary alicyclic amines) is 1. The van der Waals surface area contributed by atoms with Crippen LogP contribution in [0.2, 0.25) is 0 Å². The van der Waals surface area contributed by atoms with Gasteiger partial charge in [0, 0.05) is 31.1 Å². The first-order chi connectivity index (χ1) is 9.08. The third-order valence-electron chi connectivity index (χ3n) is 3.91. The van der Waals surface area contributed by atoms with E-state index in [2.05, 4.69) is 17.1 Å². The largest absolute Gasteiger partial charge is 0.354 e. The highest BCUT2D eigenvalue weighted by Gasteiger charge is 2.28. The van der Waals surface area contributed by atoms with E-state index >= 15 is 0 Å². The molecule has 4 heteroatoms. The van der Waals surface area contributed by atoms with Crippen molar-refractivity contribution in [1.29, 1.82) is 0 Å². The van der Waals surface area contributed by atoms with Crippen LogP contribution in [0.1, 0.15) is 59.3 Å². The van der Waals surface area contributed by atoms with Crippen LogP contribution in [-0.4, -0.2) is 42.0 Å². The highest BCUT2D eigenvalue weighted by Crippen LogP contribution is 2.24. The van der Waals surface area contributed by atoms with Crippen LogP contribution in [0.15, 0.2) is 0 Å². The fraction of sp³-hybridized carbons (Fsp3) is 0.933. The highest BCUT2D eigenvalue weighted by molar-refractivity contribution is 5.76. The van der Waals surface area contributed by atoms with Crippen LogP contribution in [0.25, 0.3) is 0 Å². The molecule has 1 fully saturated rings. The van der Waals surface area contributed by atoms with Gasteiger partial charge in [-0.1, -0.05) is 19.8 Å². The quantitative estimate of drug-likeness (QED) is 0.742. The molecule has 1 rings (SSSR count). The molecule has 2 unspecified atom stereocenters. The molecule has 1 aliphatic rings. The van der Waals surface area contributed by atoms with E-state index in [1.165, 1.54) is 32.1 Å². The summed E-state index contributed by atoms with van der Waals surface area (Å²) < 4.78 is 0. The molecule has 1 saturated heterocycles. The normalized spacial score (nSPS) is 22.5. The van der Waals surface area contributed by atoms with Gasteiger partial charge in [-0.15, -0.1) is 0 Å². The second-order valence-electron chi connectivity index (χ2n) is 5.99. The first kappa shape index (κ1) is 16.4. The molecule has 1 aliphatic heterocycles. The maximum atomic E-state index is 11.9. The van der Waals surface area contributed by atoms with E-state index in [0.29, 0.717) is 19.0 Å². The first-order valence-corrected chi connectivity index (χ1v) is 7.83. The Morgan fingerprint density at radius 2 is 2.16 bits per heavy atom. The first-order valence-electron chi connectivity index (χ1n) is 7.83. The zero-order valence-corrected chi connectivity index (χ0v) is 12.8. The van der Waals surface area contributed by atoms with Gasteiger partial charge in [-0.05, 0) is 39.7 Å². The van der Waals surface area contributed by atoms with Gasteiger partial charge in [0.1, 0.15) is 0 Å². The van der Waals surface area contributed by atoms with E-state index in [-0.39, 0.29) is 18.0 Å². The van der Waals surface area contributed by atoms with Gasteiger partial charge in [-0.3, -0.25) is 9.69 Å². The third kappa shape index (κ3) is 5.49. The van der Waals surface area contributed by atoms with Crippen LogP contribution in [0.3, 0.4) is 0 Å². The van der Waals surface area contributed by atoms with Crippen molar-refractivity contribution in [2.75, 3.05) is 13.1 Å². The predicted molar refractivity (Wildman–Crippen MR) is 80.0 cm³/mol. The molecular weight excluding hydrogens is 238 g/mol. The van der Waals surface area contributed by atoms with Crippen LogP contribution in [0, 0.1) is 0 Å². The standard InChI is InChI=1S/C15H31N3O/c1-4-7-13-8-5-6-9-18(13)14(11-16)10-15(19)17-12(2)3/h12-14H,4-11,16H2,1-3H3,(H,17,19). The Morgan fingerprint density at radius 1 is 1.42 bits per heavy atom. The average molecular weight is 269 g/mol. The highest BCUT2D eigenvalue weighted by atomic mass is 16.1. The van der Waals surface area contributed by atoms with E-state index in [0.717, 1.165) is 6.54 Å². The minimum absolute atomic E-state index is 0.131. The summed E-state index contributed by atoms with van der Waals surface area (Å²) in [6, 6.07) is 1.04. The lowest BCUT2D eigenvalue weighted by molar-refractivity contribution is -0.123. The summed E-state index contributed by atoms with van der Waals surface area (Å²) in [4.78, 5) is 14.4. The number of carbonyl (C=O) groups excluding carboxylic acids is 1. The summed E-state index contributed by atoms with van der Waals surface area (Å²) in [6.45, 7) is 7.90. The van der Waals surface area contributed by atoms with Crippen molar-refractivity contribution >= 4 is 5.91 Å². The Hall–Kier alpha value is -0.610. The lowest BCUT2D eigenvalue weighted by Gasteiger charge is -2.41. The molecule has 3 N–H and O–H groups in total. The zero-order valence-electron chi connectivity index (χ0n) is 12.8. The van der Waals surface area contributed by atoms with Crippen molar-refractivity contribution in [1.82, 2.24) is 10.2 Å². The Labute approximate surface area is 118 Å². The summed E-state index contributed by atoms with van der Waals surface area (Å²) in [5, 5.41) is 2.97.